The van der Waals surface area contributed by atoms with Crippen LogP contribution in [0.2, 0.25) is 0 Å². The molecule has 0 bridgehead atoms. The fourth-order valence-electron chi connectivity index (χ4n) is 7.31. The molecule has 8 aromatic heterocycles. The number of nitro groups is 1. The van der Waals surface area contributed by atoms with Crippen LogP contribution in [-0.2, 0) is 31.9 Å². The lowest BCUT2D eigenvalue weighted by Gasteiger charge is -2.08. The first-order valence-electron chi connectivity index (χ1n) is 21.4. The predicted molar refractivity (Wildman–Crippen MR) is 262 cm³/mol. The number of aromatic nitrogens is 12. The van der Waals surface area contributed by atoms with Crippen LogP contribution in [0.5, 0.6) is 0 Å². The summed E-state index contributed by atoms with van der Waals surface area (Å²) in [7, 11) is 3.81. The number of benzene rings is 2. The predicted octanol–water partition coefficient (Wildman–Crippen LogP) is 8.53. The number of hydrogen-bond donors (Lipinski definition) is 3. The zero-order valence-corrected chi connectivity index (χ0v) is 36.7. The van der Waals surface area contributed by atoms with Crippen LogP contribution in [0.1, 0.15) is 31.4 Å². The van der Waals surface area contributed by atoms with Gasteiger partial charge in [-0.15, -0.1) is 0 Å². The Balaban J connectivity index is 0.000000165. The normalized spacial score (nSPS) is 11.9. The monoisotopic (exact) mass is 910 g/mol. The fourth-order valence-corrected chi connectivity index (χ4v) is 7.31. The average molecular weight is 911 g/mol. The van der Waals surface area contributed by atoms with E-state index in [1.165, 1.54) is 31.3 Å². The Morgan fingerprint density at radius 3 is 1.54 bits per heavy atom. The number of nitrogen functional groups attached to an aromatic ring is 1. The summed E-state index contributed by atoms with van der Waals surface area (Å²) in [5, 5.41) is 26.1. The highest BCUT2D eigenvalue weighted by Gasteiger charge is 2.14. The van der Waals surface area contributed by atoms with E-state index in [1.807, 2.05) is 73.7 Å². The summed E-state index contributed by atoms with van der Waals surface area (Å²) in [4.78, 5) is 36.6. The maximum atomic E-state index is 11.0. The zero-order chi connectivity index (χ0) is 46.1. The molecule has 0 spiro atoms. The van der Waals surface area contributed by atoms with Crippen molar-refractivity contribution in [2.75, 3.05) is 29.6 Å². The molecule has 2 aromatic carbocycles. The Hall–Kier alpha value is -8.84. The van der Waals surface area contributed by atoms with Crippen LogP contribution in [0.3, 0.4) is 0 Å². The van der Waals surface area contributed by atoms with Crippen LogP contribution < -0.4 is 16.4 Å². The Morgan fingerprint density at radius 1 is 0.618 bits per heavy atom. The number of nitrogens with two attached hydrogens (primary N) is 1. The van der Waals surface area contributed by atoms with E-state index in [2.05, 4.69) is 99.3 Å². The van der Waals surface area contributed by atoms with Gasteiger partial charge in [0.15, 0.2) is 0 Å². The number of rotatable bonds is 11. The minimum absolute atomic E-state index is 0. The smallest absolute Gasteiger partial charge is 0.274 e. The number of nitrogens with zero attached hydrogens (tertiary/aromatic N) is 13. The van der Waals surface area contributed by atoms with Gasteiger partial charge in [-0.1, -0.05) is 56.0 Å². The Bertz CT molecular complexity index is 3250. The lowest BCUT2D eigenvalue weighted by Crippen LogP contribution is -2.02. The van der Waals surface area contributed by atoms with Crippen molar-refractivity contribution in [3.63, 3.8) is 0 Å². The molecule has 1 fully saturated rings. The summed E-state index contributed by atoms with van der Waals surface area (Å²) >= 11 is 0. The van der Waals surface area contributed by atoms with Crippen molar-refractivity contribution in [2.24, 2.45) is 14.1 Å². The lowest BCUT2D eigenvalue weighted by molar-refractivity contribution is -0.384. The summed E-state index contributed by atoms with van der Waals surface area (Å²) in [6.07, 6.45) is 20.2. The SMILES string of the molecule is C.C1CCOC1.Cn1cc(-c2ccc(CNc3cc(-c4cnc5cc(N)ccn45)ncn3)cc2)cn1.Cn1cc(-c2ccc(CNc3cc(-c4cnc5cc([N+](=O)[O-])ccn45)ncn3)cc2)cn1. The molecule has 0 atom stereocenters. The molecule has 9 heterocycles. The minimum atomic E-state index is -0.440. The van der Waals surface area contributed by atoms with Gasteiger partial charge in [0.1, 0.15) is 35.6 Å². The molecule has 0 aliphatic carbocycles. The second kappa shape index (κ2) is 21.0. The molecule has 344 valence electrons. The van der Waals surface area contributed by atoms with Crippen LogP contribution in [0.4, 0.5) is 23.0 Å². The lowest BCUT2D eigenvalue weighted by atomic mass is 10.1. The number of ether oxygens (including phenoxy) is 1. The molecule has 19 nitrogen and oxygen atoms in total. The number of fused-ring (bicyclic) bond motifs is 2. The van der Waals surface area contributed by atoms with E-state index < -0.39 is 4.92 Å². The number of aryl methyl sites for hydroxylation is 2. The summed E-state index contributed by atoms with van der Waals surface area (Å²) in [5.41, 5.74) is 17.5. The summed E-state index contributed by atoms with van der Waals surface area (Å²) < 4.78 is 12.2. The van der Waals surface area contributed by atoms with Crippen molar-refractivity contribution < 1.29 is 9.66 Å². The molecule has 0 amide bonds. The van der Waals surface area contributed by atoms with Crippen molar-refractivity contribution >= 4 is 34.3 Å². The maximum absolute atomic E-state index is 11.0. The van der Waals surface area contributed by atoms with Crippen molar-refractivity contribution in [1.82, 2.24) is 58.3 Å². The molecule has 1 aliphatic rings. The molecule has 1 saturated heterocycles. The molecular formula is C49H50N16O3. The van der Waals surface area contributed by atoms with E-state index in [-0.39, 0.29) is 13.1 Å². The molecule has 0 unspecified atom stereocenters. The first-order chi connectivity index (χ1) is 32.7. The first kappa shape index (κ1) is 45.7. The highest BCUT2D eigenvalue weighted by molar-refractivity contribution is 5.67. The van der Waals surface area contributed by atoms with E-state index in [9.17, 15) is 10.1 Å². The van der Waals surface area contributed by atoms with Gasteiger partial charge in [0.05, 0.1) is 58.6 Å². The number of anilines is 3. The third-order valence-electron chi connectivity index (χ3n) is 10.9. The quantitative estimate of drug-likeness (QED) is 0.0817. The number of hydrogen-bond acceptors (Lipinski definition) is 14. The molecule has 10 aromatic rings. The van der Waals surface area contributed by atoms with Crippen molar-refractivity contribution in [1.29, 1.82) is 0 Å². The maximum Gasteiger partial charge on any atom is 0.274 e. The third-order valence-corrected chi connectivity index (χ3v) is 10.9. The van der Waals surface area contributed by atoms with E-state index in [0.29, 0.717) is 35.9 Å². The van der Waals surface area contributed by atoms with Gasteiger partial charge in [-0.05, 0) is 41.2 Å². The van der Waals surface area contributed by atoms with Crippen LogP contribution in [0.15, 0.2) is 147 Å². The van der Waals surface area contributed by atoms with Gasteiger partial charge in [0, 0.05) is 106 Å². The average Bonchev–Trinajstić information content (AvgIpc) is 4.23. The van der Waals surface area contributed by atoms with Crippen molar-refractivity contribution in [3.8, 4) is 45.0 Å². The number of pyridine rings is 2. The summed E-state index contributed by atoms with van der Waals surface area (Å²) in [6, 6.07) is 27.0. The zero-order valence-electron chi connectivity index (χ0n) is 36.7. The second-order valence-corrected chi connectivity index (χ2v) is 15.6. The van der Waals surface area contributed by atoms with Gasteiger partial charge < -0.3 is 21.1 Å². The molecule has 11 rings (SSSR count). The fraction of sp³-hybridized carbons (Fsp3) is 0.184. The number of nitrogens with one attached hydrogen (secondary N) is 2. The highest BCUT2D eigenvalue weighted by atomic mass is 16.6. The Labute approximate surface area is 391 Å². The van der Waals surface area contributed by atoms with Gasteiger partial charge >= 0.3 is 0 Å². The van der Waals surface area contributed by atoms with Crippen molar-refractivity contribution in [3.05, 3.63) is 168 Å². The third kappa shape index (κ3) is 11.0. The Kier molecular flexibility index (Phi) is 14.1. The molecular weight excluding hydrogens is 861 g/mol. The molecule has 4 N–H and O–H groups in total. The summed E-state index contributed by atoms with van der Waals surface area (Å²) in [5.74, 6) is 1.42. The largest absolute Gasteiger partial charge is 0.399 e. The standard InChI is InChI=1S/C22H18N8O2.C22H20N8.C4H8O.CH4/c1-28-13-17(11-27-28)16-4-2-15(3-5-16)10-23-21-9-19(25-14-26-21)20-12-24-22-8-18(30(31)32)6-7-29(20)22;1-29-13-17(11-28-29)16-4-2-15(3-5-16)10-24-21-9-19(26-14-27-21)20-12-25-22-8-18(23)6-7-30(20)22;1-2-4-5-3-1;/h2-9,11-14H,10H2,1H3,(H,23,25,26);2-9,11-14H,10,23H2,1H3,(H,24,26,27);1-4H2;1H4. The van der Waals surface area contributed by atoms with Gasteiger partial charge in [0.25, 0.3) is 5.69 Å². The van der Waals surface area contributed by atoms with E-state index >= 15 is 0 Å². The van der Waals surface area contributed by atoms with Gasteiger partial charge in [0.2, 0.25) is 0 Å². The Morgan fingerprint density at radius 2 is 1.10 bits per heavy atom. The molecule has 0 saturated carbocycles. The van der Waals surface area contributed by atoms with E-state index in [4.69, 9.17) is 10.5 Å². The topological polar surface area (TPSA) is 224 Å². The van der Waals surface area contributed by atoms with Crippen LogP contribution in [-0.4, -0.2) is 76.4 Å². The summed E-state index contributed by atoms with van der Waals surface area (Å²) in [6.45, 7) is 3.26. The molecule has 1 aliphatic heterocycles. The number of imidazole rings is 2. The highest BCUT2D eigenvalue weighted by Crippen LogP contribution is 2.25. The van der Waals surface area contributed by atoms with Crippen molar-refractivity contribution in [2.45, 2.75) is 33.4 Å². The van der Waals surface area contributed by atoms with Crippen LogP contribution in [0, 0.1) is 10.1 Å². The first-order valence-corrected chi connectivity index (χ1v) is 21.4. The second-order valence-electron chi connectivity index (χ2n) is 15.6. The van der Waals surface area contributed by atoms with Crippen LogP contribution >= 0.6 is 0 Å². The molecule has 19 heteroatoms. The van der Waals surface area contributed by atoms with Gasteiger partial charge in [-0.2, -0.15) is 10.2 Å². The van der Waals surface area contributed by atoms with E-state index in [0.717, 1.165) is 75.1 Å². The molecule has 68 heavy (non-hydrogen) atoms. The van der Waals surface area contributed by atoms with E-state index in [1.54, 1.807) is 38.7 Å². The van der Waals surface area contributed by atoms with Gasteiger partial charge in [-0.25, -0.2) is 29.9 Å². The van der Waals surface area contributed by atoms with Gasteiger partial charge in [-0.3, -0.25) is 28.3 Å². The molecule has 0 radical (unpaired) electrons. The minimum Gasteiger partial charge on any atom is -0.399 e. The van der Waals surface area contributed by atoms with Crippen LogP contribution in [0.25, 0.3) is 56.3 Å².